The predicted octanol–water partition coefficient (Wildman–Crippen LogP) is 4.78. The van der Waals surface area contributed by atoms with Crippen LogP contribution in [0.4, 0.5) is 0 Å². The predicted molar refractivity (Wildman–Crippen MR) is 149 cm³/mol. The van der Waals surface area contributed by atoms with Gasteiger partial charge in [-0.15, -0.1) is 5.10 Å². The lowest BCUT2D eigenvalue weighted by atomic mass is 9.82. The summed E-state index contributed by atoms with van der Waals surface area (Å²) in [6.07, 6.45) is 5.20. The van der Waals surface area contributed by atoms with E-state index in [0.29, 0.717) is 24.8 Å². The highest BCUT2D eigenvalue weighted by molar-refractivity contribution is 5.97. The molecule has 1 aliphatic carbocycles. The standard InChI is InChI=1S/C31H39N3O5/c1-21(2)29(30(37)32-26-16-11-22(12-17-26)13-18-28(36)38-3)24-14-9-23(10-15-24)19-34-27(35)20-39-31(33-34)25-7-5-4-6-8-25/h4-10,14-15,21-22,26,29H,11-13,16-20H2,1-3H3,(H,32,37). The fraction of sp³-hybridized carbons (Fsp3) is 0.484. The zero-order valence-electron chi connectivity index (χ0n) is 23.1. The number of hydrogen-bond acceptors (Lipinski definition) is 6. The van der Waals surface area contributed by atoms with Gasteiger partial charge in [-0.1, -0.05) is 56.3 Å². The highest BCUT2D eigenvalue weighted by atomic mass is 16.5. The Morgan fingerprint density at radius 3 is 2.38 bits per heavy atom. The van der Waals surface area contributed by atoms with Crippen LogP contribution in [0, 0.1) is 11.8 Å². The van der Waals surface area contributed by atoms with E-state index in [1.807, 2.05) is 54.6 Å². The Kier molecular flexibility index (Phi) is 9.74. The van der Waals surface area contributed by atoms with Gasteiger partial charge in [-0.05, 0) is 67.2 Å². The van der Waals surface area contributed by atoms with E-state index >= 15 is 0 Å². The second-order valence-electron chi connectivity index (χ2n) is 10.8. The van der Waals surface area contributed by atoms with Gasteiger partial charge in [0.05, 0.1) is 19.6 Å². The van der Waals surface area contributed by atoms with Gasteiger partial charge in [0.1, 0.15) is 0 Å². The minimum atomic E-state index is -0.260. The summed E-state index contributed by atoms with van der Waals surface area (Å²) in [5.74, 6) is 0.514. The molecule has 1 aliphatic heterocycles. The van der Waals surface area contributed by atoms with Crippen molar-refractivity contribution in [3.05, 3.63) is 71.3 Å². The van der Waals surface area contributed by atoms with Crippen LogP contribution < -0.4 is 5.32 Å². The van der Waals surface area contributed by atoms with Crippen LogP contribution in [0.2, 0.25) is 0 Å². The molecule has 8 heteroatoms. The van der Waals surface area contributed by atoms with Crippen LogP contribution in [0.15, 0.2) is 59.7 Å². The molecule has 1 atom stereocenters. The van der Waals surface area contributed by atoms with Crippen LogP contribution in [-0.4, -0.2) is 48.4 Å². The van der Waals surface area contributed by atoms with E-state index in [0.717, 1.165) is 48.8 Å². The third-order valence-electron chi connectivity index (χ3n) is 7.65. The van der Waals surface area contributed by atoms with Crippen LogP contribution >= 0.6 is 0 Å². The maximum atomic E-state index is 13.3. The molecule has 0 radical (unpaired) electrons. The molecule has 0 saturated heterocycles. The SMILES string of the molecule is COC(=O)CCC1CCC(NC(=O)C(c2ccc(CN3N=C(c4ccccc4)OCC3=O)cc2)C(C)C)CC1. The first-order chi connectivity index (χ1) is 18.8. The molecule has 1 fully saturated rings. The van der Waals surface area contributed by atoms with Crippen LogP contribution in [0.3, 0.4) is 0 Å². The average molecular weight is 534 g/mol. The second kappa shape index (κ2) is 13.4. The lowest BCUT2D eigenvalue weighted by Gasteiger charge is -2.31. The Balaban J connectivity index is 1.34. The summed E-state index contributed by atoms with van der Waals surface area (Å²) in [5.41, 5.74) is 2.71. The van der Waals surface area contributed by atoms with Gasteiger partial charge in [-0.3, -0.25) is 14.4 Å². The molecule has 1 saturated carbocycles. The van der Waals surface area contributed by atoms with Crippen molar-refractivity contribution in [2.45, 2.75) is 70.9 Å². The monoisotopic (exact) mass is 533 g/mol. The number of ether oxygens (including phenoxy) is 2. The number of esters is 1. The number of carbonyl (C=O) groups is 3. The van der Waals surface area contributed by atoms with E-state index in [1.165, 1.54) is 12.1 Å². The van der Waals surface area contributed by atoms with Crippen molar-refractivity contribution in [1.29, 1.82) is 0 Å². The van der Waals surface area contributed by atoms with Gasteiger partial charge in [0, 0.05) is 18.0 Å². The molecule has 2 aliphatic rings. The summed E-state index contributed by atoms with van der Waals surface area (Å²) < 4.78 is 10.3. The van der Waals surface area contributed by atoms with Crippen LogP contribution in [-0.2, 0) is 30.4 Å². The molecule has 208 valence electrons. The van der Waals surface area contributed by atoms with Gasteiger partial charge < -0.3 is 14.8 Å². The number of nitrogens with one attached hydrogen (secondary N) is 1. The molecule has 0 bridgehead atoms. The summed E-state index contributed by atoms with van der Waals surface area (Å²) >= 11 is 0. The highest BCUT2D eigenvalue weighted by Crippen LogP contribution is 2.30. The molecule has 2 amide bonds. The lowest BCUT2D eigenvalue weighted by molar-refractivity contribution is -0.141. The number of hydrogen-bond donors (Lipinski definition) is 1. The van der Waals surface area contributed by atoms with E-state index in [4.69, 9.17) is 9.47 Å². The maximum absolute atomic E-state index is 13.3. The number of amides is 2. The van der Waals surface area contributed by atoms with Crippen molar-refractivity contribution in [3.8, 4) is 0 Å². The van der Waals surface area contributed by atoms with Crippen molar-refractivity contribution >= 4 is 23.7 Å². The van der Waals surface area contributed by atoms with Gasteiger partial charge in [0.2, 0.25) is 11.8 Å². The van der Waals surface area contributed by atoms with Gasteiger partial charge in [0.15, 0.2) is 6.61 Å². The number of nitrogens with zero attached hydrogens (tertiary/aromatic N) is 2. The number of rotatable bonds is 10. The zero-order chi connectivity index (χ0) is 27.8. The Hall–Kier alpha value is -3.68. The van der Waals surface area contributed by atoms with Crippen LogP contribution in [0.5, 0.6) is 0 Å². The van der Waals surface area contributed by atoms with E-state index in [1.54, 1.807) is 0 Å². The first kappa shape index (κ1) is 28.3. The average Bonchev–Trinajstić information content (AvgIpc) is 2.95. The zero-order valence-corrected chi connectivity index (χ0v) is 23.1. The van der Waals surface area contributed by atoms with Gasteiger partial charge in [0.25, 0.3) is 5.91 Å². The molecule has 0 aromatic heterocycles. The van der Waals surface area contributed by atoms with Crippen LogP contribution in [0.25, 0.3) is 0 Å². The Morgan fingerprint density at radius 1 is 1.05 bits per heavy atom. The minimum Gasteiger partial charge on any atom is -0.469 e. The molecule has 0 spiro atoms. The molecule has 2 aromatic carbocycles. The fourth-order valence-electron chi connectivity index (χ4n) is 5.40. The summed E-state index contributed by atoms with van der Waals surface area (Å²) in [4.78, 5) is 37.2. The minimum absolute atomic E-state index is 0.0470. The molecule has 1 unspecified atom stereocenters. The van der Waals surface area contributed by atoms with Crippen molar-refractivity contribution in [1.82, 2.24) is 10.3 Å². The Morgan fingerprint density at radius 2 is 1.74 bits per heavy atom. The molecule has 2 aromatic rings. The molecule has 4 rings (SSSR count). The van der Waals surface area contributed by atoms with E-state index in [9.17, 15) is 14.4 Å². The molecule has 1 heterocycles. The normalized spacial score (nSPS) is 20.2. The lowest BCUT2D eigenvalue weighted by Crippen LogP contribution is -2.41. The van der Waals surface area contributed by atoms with E-state index in [-0.39, 0.29) is 42.3 Å². The first-order valence-corrected chi connectivity index (χ1v) is 13.9. The largest absolute Gasteiger partial charge is 0.469 e. The van der Waals surface area contributed by atoms with Crippen LogP contribution in [0.1, 0.15) is 75.0 Å². The molecule has 8 nitrogen and oxygen atoms in total. The van der Waals surface area contributed by atoms with Crippen molar-refractivity contribution < 1.29 is 23.9 Å². The third kappa shape index (κ3) is 7.68. The number of methoxy groups -OCH3 is 1. The molecule has 1 N–H and O–H groups in total. The summed E-state index contributed by atoms with van der Waals surface area (Å²) in [6.45, 7) is 4.41. The summed E-state index contributed by atoms with van der Waals surface area (Å²) in [5, 5.41) is 9.15. The fourth-order valence-corrected chi connectivity index (χ4v) is 5.40. The smallest absolute Gasteiger partial charge is 0.305 e. The third-order valence-corrected chi connectivity index (χ3v) is 7.65. The van der Waals surface area contributed by atoms with Crippen molar-refractivity contribution in [3.63, 3.8) is 0 Å². The number of hydrazone groups is 1. The first-order valence-electron chi connectivity index (χ1n) is 13.9. The summed E-state index contributed by atoms with van der Waals surface area (Å²) in [7, 11) is 1.43. The second-order valence-corrected chi connectivity index (χ2v) is 10.8. The number of benzene rings is 2. The molecule has 39 heavy (non-hydrogen) atoms. The Labute approximate surface area is 230 Å². The molecular weight excluding hydrogens is 494 g/mol. The number of carbonyl (C=O) groups excluding carboxylic acids is 3. The van der Waals surface area contributed by atoms with Gasteiger partial charge in [-0.25, -0.2) is 5.01 Å². The topological polar surface area (TPSA) is 97.3 Å². The highest BCUT2D eigenvalue weighted by Gasteiger charge is 2.29. The van der Waals surface area contributed by atoms with Crippen molar-refractivity contribution in [2.75, 3.05) is 13.7 Å². The van der Waals surface area contributed by atoms with Gasteiger partial charge in [-0.2, -0.15) is 0 Å². The Bertz CT molecular complexity index is 1150. The van der Waals surface area contributed by atoms with Crippen molar-refractivity contribution in [2.24, 2.45) is 16.9 Å². The summed E-state index contributed by atoms with van der Waals surface area (Å²) in [6, 6.07) is 17.6. The van der Waals surface area contributed by atoms with Gasteiger partial charge >= 0.3 is 5.97 Å². The maximum Gasteiger partial charge on any atom is 0.305 e. The molecular formula is C31H39N3O5. The van der Waals surface area contributed by atoms with E-state index in [2.05, 4.69) is 24.3 Å². The van der Waals surface area contributed by atoms with E-state index < -0.39 is 0 Å². The quantitative estimate of drug-likeness (QED) is 0.444.